The molecule has 0 aliphatic carbocycles. The Balaban J connectivity index is 3.18. The number of hydrogen-bond donors (Lipinski definition) is 0. The lowest BCUT2D eigenvalue weighted by Gasteiger charge is -2.17. The Bertz CT molecular complexity index is 449. The van der Waals surface area contributed by atoms with Gasteiger partial charge in [-0.15, -0.1) is 24.8 Å². The predicted octanol–water partition coefficient (Wildman–Crippen LogP) is 3.75. The normalized spacial score (nSPS) is 11.6. The first-order valence-corrected chi connectivity index (χ1v) is 7.82. The lowest BCUT2D eigenvalue weighted by Crippen LogP contribution is -2.16. The van der Waals surface area contributed by atoms with E-state index in [2.05, 4.69) is 50.1 Å². The summed E-state index contributed by atoms with van der Waals surface area (Å²) >= 11 is 0. The molecule has 0 aliphatic rings. The minimum Gasteiger partial charge on any atom is -0.115 e. The summed E-state index contributed by atoms with van der Waals surface area (Å²) in [6, 6.07) is 10.6. The van der Waals surface area contributed by atoms with Crippen LogP contribution < -0.4 is 0 Å². The maximum atomic E-state index is 3.90. The van der Waals surface area contributed by atoms with Gasteiger partial charge >= 0.3 is 0 Å². The van der Waals surface area contributed by atoms with Crippen LogP contribution in [0.5, 0.6) is 0 Å². The van der Waals surface area contributed by atoms with Crippen molar-refractivity contribution in [2.75, 3.05) is 0 Å². The van der Waals surface area contributed by atoms with E-state index < -0.39 is 0 Å². The molecule has 98 valence electrons. The molecular formula is C17H23BSi. The molecule has 0 saturated heterocycles. The highest BCUT2D eigenvalue weighted by atomic mass is 28.1. The zero-order valence-electron chi connectivity index (χ0n) is 11.9. The van der Waals surface area contributed by atoms with Crippen LogP contribution in [0, 0.1) is 0 Å². The molecule has 1 aromatic carbocycles. The Kier molecular flexibility index (Phi) is 6.98. The van der Waals surface area contributed by atoms with Crippen LogP contribution in [0.2, 0.25) is 12.6 Å². The summed E-state index contributed by atoms with van der Waals surface area (Å²) in [5.41, 5.74) is 2.77. The second kappa shape index (κ2) is 8.54. The Hall–Kier alpha value is -1.54. The molecule has 1 aromatic rings. The molecule has 0 aliphatic heterocycles. The van der Waals surface area contributed by atoms with Gasteiger partial charge in [-0.2, -0.15) is 0 Å². The second-order valence-corrected chi connectivity index (χ2v) is 5.84. The van der Waals surface area contributed by atoms with E-state index in [4.69, 9.17) is 0 Å². The quantitative estimate of drug-likeness (QED) is 0.496. The van der Waals surface area contributed by atoms with Gasteiger partial charge < -0.3 is 0 Å². The van der Waals surface area contributed by atoms with Crippen LogP contribution in [0.1, 0.15) is 12.0 Å². The zero-order chi connectivity index (χ0) is 14.1. The molecule has 1 rings (SSSR count). The van der Waals surface area contributed by atoms with Gasteiger partial charge in [0.05, 0.1) is 0 Å². The Morgan fingerprint density at radius 3 is 2.05 bits per heavy atom. The zero-order valence-corrected chi connectivity index (χ0v) is 13.9. The summed E-state index contributed by atoms with van der Waals surface area (Å²) in [6.45, 7) is 12.2. The number of hydrogen-bond acceptors (Lipinski definition) is 0. The molecule has 0 heterocycles. The molecule has 0 spiro atoms. The average molecular weight is 266 g/mol. The molecular weight excluding hydrogens is 243 g/mol. The van der Waals surface area contributed by atoms with Crippen molar-refractivity contribution in [3.63, 3.8) is 0 Å². The smallest absolute Gasteiger partial charge is 0.115 e. The molecule has 0 aromatic heterocycles. The van der Waals surface area contributed by atoms with Crippen molar-refractivity contribution in [2.24, 2.45) is 0 Å². The molecule has 0 nitrogen and oxygen atoms in total. The van der Waals surface area contributed by atoms with Gasteiger partial charge in [0.25, 0.3) is 0 Å². The summed E-state index contributed by atoms with van der Waals surface area (Å²) in [5.74, 6) is 0. The first kappa shape index (κ1) is 15.5. The standard InChI is InChI=1S/C17H23BSi/c1-4-10-16(15-11-8-7-9-12-15)17(19)18(13-5-2)14-6-3/h4-9,11-12H,1-3,10,13-14H2,19H3. The summed E-state index contributed by atoms with van der Waals surface area (Å²) in [7, 11) is 1.07. The van der Waals surface area contributed by atoms with E-state index >= 15 is 0 Å². The fourth-order valence-corrected chi connectivity index (χ4v) is 3.35. The van der Waals surface area contributed by atoms with Gasteiger partial charge in [0, 0.05) is 10.2 Å². The Morgan fingerprint density at radius 2 is 1.58 bits per heavy atom. The Labute approximate surface area is 121 Å². The third-order valence-electron chi connectivity index (χ3n) is 3.46. The first-order chi connectivity index (χ1) is 9.24. The van der Waals surface area contributed by atoms with Crippen LogP contribution in [0.15, 0.2) is 73.4 Å². The van der Waals surface area contributed by atoms with E-state index in [9.17, 15) is 0 Å². The third kappa shape index (κ3) is 4.57. The first-order valence-electron chi connectivity index (χ1n) is 6.82. The van der Waals surface area contributed by atoms with Crippen LogP contribution in [0.25, 0.3) is 5.57 Å². The van der Waals surface area contributed by atoms with E-state index in [0.29, 0.717) is 6.71 Å². The van der Waals surface area contributed by atoms with Gasteiger partial charge in [-0.25, -0.2) is 0 Å². The highest BCUT2D eigenvalue weighted by molar-refractivity contribution is 6.78. The van der Waals surface area contributed by atoms with Crippen molar-refractivity contribution in [3.8, 4) is 0 Å². The molecule has 0 amide bonds. The molecule has 0 N–H and O–H groups in total. The summed E-state index contributed by atoms with van der Waals surface area (Å²) in [6.07, 6.45) is 9.02. The minimum absolute atomic E-state index is 0.553. The number of rotatable bonds is 8. The summed E-state index contributed by atoms with van der Waals surface area (Å²) < 4.78 is 0. The van der Waals surface area contributed by atoms with E-state index in [1.165, 1.54) is 11.1 Å². The molecule has 0 fully saturated rings. The SMILES string of the molecule is C=CCB(CC=C)C([SiH3])=C(CC=C)c1ccccc1. The monoisotopic (exact) mass is 266 g/mol. The number of allylic oxidation sites excluding steroid dienone is 4. The molecule has 0 saturated carbocycles. The minimum atomic E-state index is 0.553. The van der Waals surface area contributed by atoms with Crippen LogP contribution in [-0.2, 0) is 0 Å². The summed E-state index contributed by atoms with van der Waals surface area (Å²) in [4.78, 5) is 0. The van der Waals surface area contributed by atoms with Crippen molar-refractivity contribution in [1.82, 2.24) is 0 Å². The second-order valence-electron chi connectivity index (χ2n) is 4.77. The van der Waals surface area contributed by atoms with Gasteiger partial charge in [0.15, 0.2) is 6.71 Å². The topological polar surface area (TPSA) is 0 Å². The fourth-order valence-electron chi connectivity index (χ4n) is 2.39. The molecule has 0 atom stereocenters. The van der Waals surface area contributed by atoms with Crippen molar-refractivity contribution >= 4 is 22.5 Å². The predicted molar refractivity (Wildman–Crippen MR) is 93.9 cm³/mol. The Morgan fingerprint density at radius 1 is 1.00 bits per heavy atom. The van der Waals surface area contributed by atoms with Gasteiger partial charge in [0.1, 0.15) is 0 Å². The molecule has 0 unspecified atom stereocenters. The van der Waals surface area contributed by atoms with E-state index in [-0.39, 0.29) is 0 Å². The average Bonchev–Trinajstić information content (AvgIpc) is 2.45. The van der Waals surface area contributed by atoms with Crippen molar-refractivity contribution in [1.29, 1.82) is 0 Å². The van der Waals surface area contributed by atoms with Crippen LogP contribution in [0.3, 0.4) is 0 Å². The van der Waals surface area contributed by atoms with E-state index in [1.807, 2.05) is 18.2 Å². The fraction of sp³-hybridized carbons (Fsp3) is 0.176. The number of benzene rings is 1. The van der Waals surface area contributed by atoms with Crippen molar-refractivity contribution in [2.45, 2.75) is 19.1 Å². The van der Waals surface area contributed by atoms with Crippen LogP contribution in [-0.4, -0.2) is 17.0 Å². The lowest BCUT2D eigenvalue weighted by atomic mass is 9.43. The van der Waals surface area contributed by atoms with Crippen LogP contribution >= 0.6 is 0 Å². The maximum Gasteiger partial charge on any atom is 0.172 e. The van der Waals surface area contributed by atoms with Crippen LogP contribution in [0.4, 0.5) is 0 Å². The van der Waals surface area contributed by atoms with Gasteiger partial charge in [0.2, 0.25) is 0 Å². The molecule has 0 radical (unpaired) electrons. The highest BCUT2D eigenvalue weighted by Crippen LogP contribution is 2.25. The lowest BCUT2D eigenvalue weighted by molar-refractivity contribution is 1.39. The van der Waals surface area contributed by atoms with E-state index in [0.717, 1.165) is 29.3 Å². The van der Waals surface area contributed by atoms with Crippen molar-refractivity contribution in [3.05, 3.63) is 79.0 Å². The van der Waals surface area contributed by atoms with Crippen molar-refractivity contribution < 1.29 is 0 Å². The van der Waals surface area contributed by atoms with Gasteiger partial charge in [-0.1, -0.05) is 66.8 Å². The van der Waals surface area contributed by atoms with Gasteiger partial charge in [-0.05, 0) is 12.0 Å². The molecule has 2 heteroatoms. The van der Waals surface area contributed by atoms with E-state index in [1.54, 1.807) is 5.10 Å². The third-order valence-corrected chi connectivity index (χ3v) is 4.88. The molecule has 19 heavy (non-hydrogen) atoms. The largest absolute Gasteiger partial charge is 0.172 e. The summed E-state index contributed by atoms with van der Waals surface area (Å²) in [5, 5.41) is 1.56. The molecule has 0 bridgehead atoms. The highest BCUT2D eigenvalue weighted by Gasteiger charge is 2.16. The maximum absolute atomic E-state index is 3.90. The van der Waals surface area contributed by atoms with Gasteiger partial charge in [-0.3, -0.25) is 0 Å².